The molecule has 6 atom stereocenters. The lowest BCUT2D eigenvalue weighted by atomic mass is 9.86. The van der Waals surface area contributed by atoms with Gasteiger partial charge in [0.1, 0.15) is 39.9 Å². The van der Waals surface area contributed by atoms with E-state index in [1.165, 1.54) is 22.3 Å². The zero-order chi connectivity index (χ0) is 38.8. The number of hydrogen-bond donors (Lipinski definition) is 3. The molecule has 0 radical (unpaired) electrons. The molecule has 6 rings (SSSR count). The molecule has 1 aromatic carbocycles. The molecule has 286 valence electrons. The van der Waals surface area contributed by atoms with Crippen LogP contribution in [0.2, 0.25) is 0 Å². The number of likely N-dealkylation sites (tertiary alicyclic amines) is 1. The number of hydrogen-bond acceptors (Lipinski definition) is 11. The fraction of sp³-hybridized carbons (Fsp3) is 0.553. The van der Waals surface area contributed by atoms with Gasteiger partial charge in [0.15, 0.2) is 0 Å². The highest BCUT2D eigenvalue weighted by molar-refractivity contribution is 7.91. The molecule has 1 unspecified atom stereocenters. The predicted molar refractivity (Wildman–Crippen MR) is 204 cm³/mol. The van der Waals surface area contributed by atoms with Gasteiger partial charge in [-0.05, 0) is 49.7 Å². The van der Waals surface area contributed by atoms with E-state index >= 15 is 0 Å². The van der Waals surface area contributed by atoms with Crippen LogP contribution in [-0.2, 0) is 24.4 Å². The number of benzene rings is 1. The molecule has 13 nitrogen and oxygen atoms in total. The van der Waals surface area contributed by atoms with Crippen molar-refractivity contribution in [1.29, 1.82) is 0 Å². The second kappa shape index (κ2) is 14.0. The lowest BCUT2D eigenvalue weighted by Gasteiger charge is -2.33. The molecule has 15 heteroatoms. The fourth-order valence-corrected chi connectivity index (χ4v) is 9.22. The van der Waals surface area contributed by atoms with Gasteiger partial charge < -0.3 is 25.4 Å². The first-order valence-electron chi connectivity index (χ1n) is 18.0. The number of methoxy groups -OCH3 is 1. The van der Waals surface area contributed by atoms with Crippen molar-refractivity contribution < 1.29 is 32.3 Å². The number of pyridine rings is 1. The van der Waals surface area contributed by atoms with Crippen LogP contribution < -0.4 is 25.2 Å². The lowest BCUT2D eigenvalue weighted by molar-refractivity contribution is -0.143. The number of fused-ring (bicyclic) bond motifs is 1. The maximum absolute atomic E-state index is 14.4. The van der Waals surface area contributed by atoms with Crippen LogP contribution in [0.25, 0.3) is 21.6 Å². The zero-order valence-corrected chi connectivity index (χ0v) is 33.2. The van der Waals surface area contributed by atoms with Crippen LogP contribution in [-0.4, -0.2) is 83.6 Å². The van der Waals surface area contributed by atoms with Crippen molar-refractivity contribution in [2.24, 2.45) is 23.0 Å². The molecule has 0 bridgehead atoms. The van der Waals surface area contributed by atoms with Gasteiger partial charge in [-0.3, -0.25) is 19.1 Å². The predicted octanol–water partition coefficient (Wildman–Crippen LogP) is 4.44. The van der Waals surface area contributed by atoms with Gasteiger partial charge in [0, 0.05) is 34.2 Å². The molecule has 2 saturated carbocycles. The van der Waals surface area contributed by atoms with Gasteiger partial charge in [-0.25, -0.2) is 18.4 Å². The number of rotatable bonds is 12. The highest BCUT2D eigenvalue weighted by atomic mass is 32.2. The first kappa shape index (κ1) is 38.6. The van der Waals surface area contributed by atoms with Gasteiger partial charge in [-0.15, -0.1) is 17.9 Å². The van der Waals surface area contributed by atoms with Crippen LogP contribution in [0.3, 0.4) is 0 Å². The van der Waals surface area contributed by atoms with Crippen molar-refractivity contribution in [3.05, 3.63) is 47.5 Å². The molecule has 4 N–H and O–H groups in total. The quantitative estimate of drug-likeness (QED) is 0.223. The van der Waals surface area contributed by atoms with Crippen molar-refractivity contribution in [3.63, 3.8) is 0 Å². The topological polar surface area (TPSA) is 183 Å². The average molecular weight is 767 g/mol. The Bertz CT molecular complexity index is 2070. The number of aromatic nitrogens is 2. The van der Waals surface area contributed by atoms with Gasteiger partial charge in [0.25, 0.3) is 5.91 Å². The van der Waals surface area contributed by atoms with Crippen LogP contribution >= 0.6 is 11.3 Å². The number of nitrogens with one attached hydrogen (secondary N) is 2. The molecule has 3 fully saturated rings. The van der Waals surface area contributed by atoms with Crippen LogP contribution in [0.15, 0.2) is 36.2 Å². The SMILES string of the molecule is C=C[C@@H]1C[C@]1(NC(=O)[C@@H]1C(C)[C@@H](Oc2cc(-c3nc(C(C)C)cs3)nc3c(C)c(OC)ccc23)CN1C(=O)[C@@H](N)C(C)(C)C)C(=O)NS(=O)(=O)C1CC1. The summed E-state index contributed by atoms with van der Waals surface area (Å²) in [5.74, 6) is -1.54. The monoisotopic (exact) mass is 766 g/mol. The van der Waals surface area contributed by atoms with E-state index in [2.05, 4.69) is 30.5 Å². The molecular formula is C38H50N6O7S2. The summed E-state index contributed by atoms with van der Waals surface area (Å²) in [5, 5.41) is 5.69. The van der Waals surface area contributed by atoms with Gasteiger partial charge in [0.2, 0.25) is 21.8 Å². The minimum absolute atomic E-state index is 0.0328. The van der Waals surface area contributed by atoms with Crippen LogP contribution in [0, 0.1) is 24.2 Å². The summed E-state index contributed by atoms with van der Waals surface area (Å²) < 4.78 is 40.1. The Morgan fingerprint density at radius 2 is 1.87 bits per heavy atom. The fourth-order valence-electron chi connectivity index (χ4n) is 6.91. The van der Waals surface area contributed by atoms with E-state index in [9.17, 15) is 22.8 Å². The summed E-state index contributed by atoms with van der Waals surface area (Å²) in [6, 6.07) is 3.52. The Labute approximate surface area is 315 Å². The number of amides is 3. The van der Waals surface area contributed by atoms with Crippen molar-refractivity contribution in [2.75, 3.05) is 13.7 Å². The Kier molecular flexibility index (Phi) is 10.2. The summed E-state index contributed by atoms with van der Waals surface area (Å²) in [6.45, 7) is 17.3. The second-order valence-electron chi connectivity index (χ2n) is 16.0. The molecule has 1 aliphatic heterocycles. The van der Waals surface area contributed by atoms with Crippen molar-refractivity contribution >= 4 is 50.0 Å². The summed E-state index contributed by atoms with van der Waals surface area (Å²) in [6.07, 6.45) is 1.97. The largest absolute Gasteiger partial charge is 0.496 e. The molecule has 53 heavy (non-hydrogen) atoms. The van der Waals surface area contributed by atoms with Gasteiger partial charge in [-0.1, -0.05) is 47.6 Å². The normalized spacial score (nSPS) is 24.9. The summed E-state index contributed by atoms with van der Waals surface area (Å²) in [4.78, 5) is 53.3. The van der Waals surface area contributed by atoms with Crippen molar-refractivity contribution in [1.82, 2.24) is 24.9 Å². The first-order valence-corrected chi connectivity index (χ1v) is 20.4. The summed E-state index contributed by atoms with van der Waals surface area (Å²) >= 11 is 1.49. The van der Waals surface area contributed by atoms with Crippen LogP contribution in [0.1, 0.15) is 78.0 Å². The third-order valence-electron chi connectivity index (χ3n) is 10.8. The number of nitrogens with two attached hydrogens (primary N) is 1. The number of nitrogens with zero attached hydrogens (tertiary/aromatic N) is 3. The first-order chi connectivity index (χ1) is 24.8. The Morgan fingerprint density at radius 1 is 1.17 bits per heavy atom. The third kappa shape index (κ3) is 7.27. The lowest BCUT2D eigenvalue weighted by Crippen LogP contribution is -2.59. The van der Waals surface area contributed by atoms with E-state index in [-0.39, 0.29) is 18.9 Å². The molecule has 3 heterocycles. The van der Waals surface area contributed by atoms with E-state index in [4.69, 9.17) is 25.2 Å². The maximum Gasteiger partial charge on any atom is 0.259 e. The van der Waals surface area contributed by atoms with E-state index in [0.717, 1.165) is 21.7 Å². The van der Waals surface area contributed by atoms with E-state index in [0.29, 0.717) is 35.6 Å². The van der Waals surface area contributed by atoms with E-state index in [1.54, 1.807) is 7.11 Å². The van der Waals surface area contributed by atoms with Crippen molar-refractivity contribution in [2.45, 2.75) is 103 Å². The molecule has 3 aromatic rings. The zero-order valence-electron chi connectivity index (χ0n) is 31.6. The molecule has 3 aliphatic rings. The number of carbonyl (C=O) groups excluding carboxylic acids is 3. The Balaban J connectivity index is 1.36. The number of thiazole rings is 1. The van der Waals surface area contributed by atoms with E-state index in [1.807, 2.05) is 58.2 Å². The number of aryl methyl sites for hydroxylation is 1. The smallest absolute Gasteiger partial charge is 0.259 e. The molecule has 3 amide bonds. The Morgan fingerprint density at radius 3 is 2.43 bits per heavy atom. The molecule has 2 aliphatic carbocycles. The highest BCUT2D eigenvalue weighted by Gasteiger charge is 2.62. The number of carbonyl (C=O) groups is 3. The highest BCUT2D eigenvalue weighted by Crippen LogP contribution is 2.46. The standard InChI is InChI=1S/C38H50N6O7S2/c1-10-22-16-38(22,36(47)43-53(48,49)23-11-12-23)42-33(45)31-21(5)29(17-44(31)35(46)32(39)37(6,7)8)51-28-15-25(34-41-26(18-52-34)19(2)3)40-30-20(4)27(50-9)14-13-24(28)30/h10,13-15,18-19,21-23,29,31-32H,1,11-12,16-17,39H2,2-9H3,(H,42,45)(H,43,47)/t21?,22-,29+,31+,32-,38-/m1/s1. The number of ether oxygens (including phenoxy) is 2. The van der Waals surface area contributed by atoms with Crippen LogP contribution in [0.4, 0.5) is 0 Å². The average Bonchev–Trinajstić information content (AvgIpc) is 3.99. The number of sulfonamides is 1. The van der Waals surface area contributed by atoms with Gasteiger partial charge in [-0.2, -0.15) is 0 Å². The molecule has 0 spiro atoms. The summed E-state index contributed by atoms with van der Waals surface area (Å²) in [5.41, 5.74) is 7.41. The minimum atomic E-state index is -3.88. The van der Waals surface area contributed by atoms with E-state index < -0.39 is 74.0 Å². The molecular weight excluding hydrogens is 717 g/mol. The molecule has 1 saturated heterocycles. The maximum atomic E-state index is 14.4. The van der Waals surface area contributed by atoms with Gasteiger partial charge >= 0.3 is 0 Å². The van der Waals surface area contributed by atoms with Gasteiger partial charge in [0.05, 0.1) is 36.2 Å². The second-order valence-corrected chi connectivity index (χ2v) is 18.8. The summed E-state index contributed by atoms with van der Waals surface area (Å²) in [7, 11) is -2.28. The third-order valence-corrected chi connectivity index (χ3v) is 13.5. The Hall–Kier alpha value is -4.08. The molecule has 2 aromatic heterocycles. The minimum Gasteiger partial charge on any atom is -0.496 e. The van der Waals surface area contributed by atoms with Crippen molar-refractivity contribution in [3.8, 4) is 22.2 Å². The van der Waals surface area contributed by atoms with Crippen LogP contribution in [0.5, 0.6) is 11.5 Å².